The zero-order valence-electron chi connectivity index (χ0n) is 14.1. The van der Waals surface area contributed by atoms with Gasteiger partial charge in [0.2, 0.25) is 11.8 Å². The number of hydrogen-bond donors (Lipinski definition) is 2. The molecule has 1 aromatic rings. The summed E-state index contributed by atoms with van der Waals surface area (Å²) in [6, 6.07) is 4.14. The molecule has 1 aromatic carbocycles. The van der Waals surface area contributed by atoms with Crippen LogP contribution in [0.4, 0.5) is 5.69 Å². The summed E-state index contributed by atoms with van der Waals surface area (Å²) in [4.78, 5) is 51.9. The third-order valence-electron chi connectivity index (χ3n) is 5.33. The fraction of sp³-hybridized carbons (Fsp3) is 0.444. The van der Waals surface area contributed by atoms with E-state index in [4.69, 9.17) is 0 Å². The van der Waals surface area contributed by atoms with Gasteiger partial charge in [0.25, 0.3) is 11.8 Å². The summed E-state index contributed by atoms with van der Waals surface area (Å²) in [5, 5.41) is 11.5. The molecule has 2 N–H and O–H groups in total. The summed E-state index contributed by atoms with van der Waals surface area (Å²) in [5.74, 6) is -1.79. The zero-order valence-corrected chi connectivity index (χ0v) is 14.1. The van der Waals surface area contributed by atoms with Crippen molar-refractivity contribution in [3.8, 4) is 0 Å². The van der Waals surface area contributed by atoms with Gasteiger partial charge in [-0.15, -0.1) is 0 Å². The standard InChI is InChI=1S/C18H19N3O5/c22-9-10-5-6-20(8-10)11-1-2-12-13(7-11)18(26)21(17(12)25)14-3-4-15(23)19-16(14)24/h1-2,7,10,14,22H,3-6,8-9H2,(H,19,23,24)/t10-,14?/m1/s1. The highest BCUT2D eigenvalue weighted by Gasteiger charge is 2.44. The van der Waals surface area contributed by atoms with Crippen molar-refractivity contribution in [3.05, 3.63) is 29.3 Å². The number of benzene rings is 1. The van der Waals surface area contributed by atoms with Crippen molar-refractivity contribution in [3.63, 3.8) is 0 Å². The maximum atomic E-state index is 12.8. The summed E-state index contributed by atoms with van der Waals surface area (Å²) in [7, 11) is 0. The number of anilines is 1. The van der Waals surface area contributed by atoms with Crippen LogP contribution in [-0.2, 0) is 9.59 Å². The average molecular weight is 357 g/mol. The molecule has 2 saturated heterocycles. The monoisotopic (exact) mass is 357 g/mol. The van der Waals surface area contributed by atoms with Crippen LogP contribution in [0.5, 0.6) is 0 Å². The van der Waals surface area contributed by atoms with Crippen LogP contribution in [0.2, 0.25) is 0 Å². The number of fused-ring (bicyclic) bond motifs is 1. The number of carbonyl (C=O) groups is 4. The number of nitrogens with one attached hydrogen (secondary N) is 1. The number of rotatable bonds is 3. The lowest BCUT2D eigenvalue weighted by Crippen LogP contribution is -2.54. The first-order chi connectivity index (χ1) is 12.5. The zero-order chi connectivity index (χ0) is 18.4. The maximum absolute atomic E-state index is 12.8. The Morgan fingerprint density at radius 2 is 1.85 bits per heavy atom. The molecule has 3 aliphatic rings. The Kier molecular flexibility index (Phi) is 3.99. The summed E-state index contributed by atoms with van der Waals surface area (Å²) < 4.78 is 0. The Morgan fingerprint density at radius 3 is 2.54 bits per heavy atom. The fourth-order valence-corrected chi connectivity index (χ4v) is 3.87. The first kappa shape index (κ1) is 16.7. The molecule has 0 bridgehead atoms. The molecule has 2 fully saturated rings. The van der Waals surface area contributed by atoms with Crippen LogP contribution in [-0.4, -0.2) is 59.4 Å². The van der Waals surface area contributed by atoms with E-state index in [1.54, 1.807) is 18.2 Å². The van der Waals surface area contributed by atoms with E-state index in [0.29, 0.717) is 6.54 Å². The SMILES string of the molecule is O=C1CCC(N2C(=O)c3ccc(N4CC[C@@H](CO)C4)cc3C2=O)C(=O)N1. The number of imide groups is 2. The van der Waals surface area contributed by atoms with E-state index in [0.717, 1.165) is 23.6 Å². The van der Waals surface area contributed by atoms with Crippen molar-refractivity contribution in [2.75, 3.05) is 24.6 Å². The van der Waals surface area contributed by atoms with Gasteiger partial charge in [-0.25, -0.2) is 0 Å². The summed E-state index contributed by atoms with van der Waals surface area (Å²) in [6.45, 7) is 1.61. The number of amides is 4. The molecule has 8 nitrogen and oxygen atoms in total. The molecule has 0 saturated carbocycles. The Balaban J connectivity index is 1.60. The highest BCUT2D eigenvalue weighted by molar-refractivity contribution is 6.23. The molecule has 0 spiro atoms. The summed E-state index contributed by atoms with van der Waals surface area (Å²) in [5.41, 5.74) is 1.39. The van der Waals surface area contributed by atoms with Crippen molar-refractivity contribution in [2.24, 2.45) is 5.92 Å². The highest BCUT2D eigenvalue weighted by Crippen LogP contribution is 2.32. The molecule has 0 aromatic heterocycles. The second kappa shape index (κ2) is 6.21. The second-order valence-electron chi connectivity index (χ2n) is 6.96. The molecule has 4 rings (SSSR count). The van der Waals surface area contributed by atoms with Gasteiger partial charge in [0.1, 0.15) is 6.04 Å². The summed E-state index contributed by atoms with van der Waals surface area (Å²) in [6.07, 6.45) is 1.13. The van der Waals surface area contributed by atoms with Crippen LogP contribution >= 0.6 is 0 Å². The van der Waals surface area contributed by atoms with Crippen LogP contribution in [0.25, 0.3) is 0 Å². The predicted molar refractivity (Wildman–Crippen MR) is 90.5 cm³/mol. The normalized spacial score (nSPS) is 25.7. The fourth-order valence-electron chi connectivity index (χ4n) is 3.87. The molecule has 0 aliphatic carbocycles. The van der Waals surface area contributed by atoms with Gasteiger partial charge < -0.3 is 10.0 Å². The topological polar surface area (TPSA) is 107 Å². The lowest BCUT2D eigenvalue weighted by molar-refractivity contribution is -0.136. The number of hydrogen-bond acceptors (Lipinski definition) is 6. The molecule has 3 heterocycles. The highest BCUT2D eigenvalue weighted by atomic mass is 16.3. The molecule has 26 heavy (non-hydrogen) atoms. The van der Waals surface area contributed by atoms with E-state index in [1.165, 1.54) is 0 Å². The van der Waals surface area contributed by atoms with E-state index < -0.39 is 29.7 Å². The molecule has 3 aliphatic heterocycles. The van der Waals surface area contributed by atoms with Crippen molar-refractivity contribution in [2.45, 2.75) is 25.3 Å². The van der Waals surface area contributed by atoms with Crippen LogP contribution in [0.3, 0.4) is 0 Å². The number of piperidine rings is 1. The average Bonchev–Trinajstić information content (AvgIpc) is 3.20. The van der Waals surface area contributed by atoms with Crippen molar-refractivity contribution >= 4 is 29.3 Å². The van der Waals surface area contributed by atoms with Gasteiger partial charge in [-0.3, -0.25) is 29.4 Å². The van der Waals surface area contributed by atoms with E-state index in [-0.39, 0.29) is 36.5 Å². The first-order valence-corrected chi connectivity index (χ1v) is 8.71. The molecule has 136 valence electrons. The van der Waals surface area contributed by atoms with Gasteiger partial charge in [0.15, 0.2) is 0 Å². The number of aliphatic hydroxyl groups is 1. The van der Waals surface area contributed by atoms with E-state index >= 15 is 0 Å². The molecule has 8 heteroatoms. The third-order valence-corrected chi connectivity index (χ3v) is 5.33. The van der Waals surface area contributed by atoms with Gasteiger partial charge >= 0.3 is 0 Å². The number of aliphatic hydroxyl groups excluding tert-OH is 1. The second-order valence-corrected chi connectivity index (χ2v) is 6.96. The van der Waals surface area contributed by atoms with Crippen LogP contribution < -0.4 is 10.2 Å². The molecule has 2 atom stereocenters. The largest absolute Gasteiger partial charge is 0.396 e. The third kappa shape index (κ3) is 2.57. The van der Waals surface area contributed by atoms with Crippen LogP contribution in [0.15, 0.2) is 18.2 Å². The maximum Gasteiger partial charge on any atom is 0.262 e. The molecular formula is C18H19N3O5. The molecule has 4 amide bonds. The Hall–Kier alpha value is -2.74. The number of nitrogens with zero attached hydrogens (tertiary/aromatic N) is 2. The van der Waals surface area contributed by atoms with E-state index in [9.17, 15) is 24.3 Å². The smallest absolute Gasteiger partial charge is 0.262 e. The minimum atomic E-state index is -0.950. The molecule has 1 unspecified atom stereocenters. The van der Waals surface area contributed by atoms with Gasteiger partial charge in [-0.05, 0) is 31.0 Å². The minimum Gasteiger partial charge on any atom is -0.396 e. The van der Waals surface area contributed by atoms with Crippen LogP contribution in [0, 0.1) is 5.92 Å². The Bertz CT molecular complexity index is 821. The summed E-state index contributed by atoms with van der Waals surface area (Å²) >= 11 is 0. The van der Waals surface area contributed by atoms with Gasteiger partial charge in [-0.1, -0.05) is 0 Å². The molecular weight excluding hydrogens is 338 g/mol. The Labute approximate surface area is 149 Å². The minimum absolute atomic E-state index is 0.103. The predicted octanol–water partition coefficient (Wildman–Crippen LogP) is -0.0936. The van der Waals surface area contributed by atoms with Crippen molar-refractivity contribution < 1.29 is 24.3 Å². The molecule has 0 radical (unpaired) electrons. The first-order valence-electron chi connectivity index (χ1n) is 8.71. The van der Waals surface area contributed by atoms with Gasteiger partial charge in [0.05, 0.1) is 11.1 Å². The van der Waals surface area contributed by atoms with Crippen molar-refractivity contribution in [1.29, 1.82) is 0 Å². The lowest BCUT2D eigenvalue weighted by atomic mass is 10.0. The van der Waals surface area contributed by atoms with Crippen molar-refractivity contribution in [1.82, 2.24) is 10.2 Å². The quantitative estimate of drug-likeness (QED) is 0.732. The van der Waals surface area contributed by atoms with Crippen LogP contribution in [0.1, 0.15) is 40.0 Å². The van der Waals surface area contributed by atoms with Gasteiger partial charge in [-0.2, -0.15) is 0 Å². The lowest BCUT2D eigenvalue weighted by Gasteiger charge is -2.27. The van der Waals surface area contributed by atoms with Gasteiger partial charge in [0, 0.05) is 37.7 Å². The Morgan fingerprint density at radius 1 is 1.08 bits per heavy atom. The van der Waals surface area contributed by atoms with E-state index in [2.05, 4.69) is 10.2 Å². The van der Waals surface area contributed by atoms with E-state index in [1.807, 2.05) is 0 Å². The number of carbonyl (C=O) groups excluding carboxylic acids is 4.